The second-order valence-electron chi connectivity index (χ2n) is 4.06. The van der Waals surface area contributed by atoms with Gasteiger partial charge in [-0.25, -0.2) is 4.79 Å². The maximum atomic E-state index is 11.9. The molecule has 1 aliphatic heterocycles. The van der Waals surface area contributed by atoms with E-state index in [1.54, 1.807) is 11.4 Å². The predicted octanol–water partition coefficient (Wildman–Crippen LogP) is 1.06. The molecule has 6 nitrogen and oxygen atoms in total. The second-order valence-corrected chi connectivity index (χ2v) is 4.97. The van der Waals surface area contributed by atoms with Crippen LogP contribution in [-0.4, -0.2) is 38.6 Å². The molecule has 0 radical (unpaired) electrons. The van der Waals surface area contributed by atoms with Gasteiger partial charge in [-0.15, -0.1) is 11.3 Å². The van der Waals surface area contributed by atoms with Gasteiger partial charge in [0.1, 0.15) is 4.88 Å². The molecule has 1 fully saturated rings. The molecule has 2 heterocycles. The molecule has 102 valence electrons. The first-order chi connectivity index (χ1) is 9.08. The molecule has 0 aliphatic carbocycles. The number of anilines is 1. The first kappa shape index (κ1) is 13.5. The monoisotopic (exact) mass is 283 g/mol. The maximum absolute atomic E-state index is 11.9. The van der Waals surface area contributed by atoms with Crippen LogP contribution in [0.15, 0.2) is 11.4 Å². The van der Waals surface area contributed by atoms with Crippen LogP contribution in [0.25, 0.3) is 0 Å². The van der Waals surface area contributed by atoms with Crippen LogP contribution >= 0.6 is 11.3 Å². The maximum Gasteiger partial charge on any atom is 0.350 e. The summed E-state index contributed by atoms with van der Waals surface area (Å²) in [5.41, 5.74) is 0.494. The lowest BCUT2D eigenvalue weighted by atomic mass is 10.1. The summed E-state index contributed by atoms with van der Waals surface area (Å²) in [5, 5.41) is 1.71. The van der Waals surface area contributed by atoms with Gasteiger partial charge in [0.25, 0.3) is 0 Å². The Hall–Kier alpha value is -1.89. The van der Waals surface area contributed by atoms with Crippen LogP contribution < -0.4 is 4.90 Å². The Morgan fingerprint density at radius 2 is 2.11 bits per heavy atom. The average Bonchev–Trinajstić information content (AvgIpc) is 3.02. The zero-order valence-corrected chi connectivity index (χ0v) is 11.4. The van der Waals surface area contributed by atoms with E-state index in [0.717, 1.165) is 0 Å². The Bertz CT molecular complexity index is 524. The number of hydrogen-bond donors (Lipinski definition) is 0. The van der Waals surface area contributed by atoms with Crippen molar-refractivity contribution in [2.75, 3.05) is 25.7 Å². The summed E-state index contributed by atoms with van der Waals surface area (Å²) in [6.45, 7) is 0.228. The average molecular weight is 283 g/mol. The molecule has 1 atom stereocenters. The molecule has 0 N–H and O–H groups in total. The fraction of sp³-hybridized carbons (Fsp3) is 0.417. The van der Waals surface area contributed by atoms with E-state index < -0.39 is 17.9 Å². The quantitative estimate of drug-likeness (QED) is 0.776. The van der Waals surface area contributed by atoms with Crippen molar-refractivity contribution < 1.29 is 23.9 Å². The zero-order valence-electron chi connectivity index (χ0n) is 10.5. The molecule has 1 aromatic heterocycles. The number of rotatable bonds is 3. The van der Waals surface area contributed by atoms with Crippen LogP contribution in [-0.2, 0) is 19.1 Å². The Morgan fingerprint density at radius 3 is 2.74 bits per heavy atom. The van der Waals surface area contributed by atoms with E-state index in [9.17, 15) is 14.4 Å². The van der Waals surface area contributed by atoms with Gasteiger partial charge in [0, 0.05) is 13.0 Å². The largest absolute Gasteiger partial charge is 0.469 e. The van der Waals surface area contributed by atoms with Crippen molar-refractivity contribution >= 4 is 34.9 Å². The van der Waals surface area contributed by atoms with Crippen LogP contribution in [0.4, 0.5) is 5.69 Å². The van der Waals surface area contributed by atoms with E-state index in [2.05, 4.69) is 9.47 Å². The number of hydrogen-bond acceptors (Lipinski definition) is 6. The Morgan fingerprint density at radius 1 is 1.37 bits per heavy atom. The van der Waals surface area contributed by atoms with Crippen molar-refractivity contribution in [1.29, 1.82) is 0 Å². The SMILES string of the molecule is COC(=O)c1sccc1N1CC(C(=O)OC)CC1=O. The lowest BCUT2D eigenvalue weighted by Gasteiger charge is -2.16. The lowest BCUT2D eigenvalue weighted by Crippen LogP contribution is -2.27. The van der Waals surface area contributed by atoms with Crippen LogP contribution in [0.3, 0.4) is 0 Å². The van der Waals surface area contributed by atoms with Crippen molar-refractivity contribution in [3.05, 3.63) is 16.3 Å². The van der Waals surface area contributed by atoms with E-state index in [1.165, 1.54) is 30.5 Å². The molecular formula is C12H13NO5S. The number of nitrogens with zero attached hydrogens (tertiary/aromatic N) is 1. The number of carbonyl (C=O) groups is 3. The summed E-state index contributed by atoms with van der Waals surface area (Å²) in [6, 6.07) is 1.68. The van der Waals surface area contributed by atoms with E-state index in [0.29, 0.717) is 10.6 Å². The van der Waals surface area contributed by atoms with E-state index in [4.69, 9.17) is 0 Å². The van der Waals surface area contributed by atoms with E-state index >= 15 is 0 Å². The number of ether oxygens (including phenoxy) is 2. The molecule has 1 amide bonds. The van der Waals surface area contributed by atoms with Crippen LogP contribution in [0, 0.1) is 5.92 Å². The predicted molar refractivity (Wildman–Crippen MR) is 68.1 cm³/mol. The fourth-order valence-electron chi connectivity index (χ4n) is 2.03. The minimum Gasteiger partial charge on any atom is -0.469 e. The van der Waals surface area contributed by atoms with Gasteiger partial charge in [-0.05, 0) is 11.4 Å². The fourth-order valence-corrected chi connectivity index (χ4v) is 2.84. The second kappa shape index (κ2) is 5.40. The summed E-state index contributed by atoms with van der Waals surface area (Å²) >= 11 is 1.20. The van der Waals surface area contributed by atoms with Gasteiger partial charge in [0.15, 0.2) is 0 Å². The highest BCUT2D eigenvalue weighted by Crippen LogP contribution is 2.32. The lowest BCUT2D eigenvalue weighted by molar-refractivity contribution is -0.145. The third-order valence-electron chi connectivity index (χ3n) is 2.97. The third-order valence-corrected chi connectivity index (χ3v) is 3.85. The molecule has 0 aromatic carbocycles. The highest BCUT2D eigenvalue weighted by atomic mass is 32.1. The van der Waals surface area contributed by atoms with Gasteiger partial charge >= 0.3 is 11.9 Å². The van der Waals surface area contributed by atoms with Crippen molar-refractivity contribution in [1.82, 2.24) is 0 Å². The van der Waals surface area contributed by atoms with E-state index in [-0.39, 0.29) is 18.9 Å². The molecule has 7 heteroatoms. The summed E-state index contributed by atoms with van der Waals surface area (Å²) in [4.78, 5) is 36.8. The van der Waals surface area contributed by atoms with Gasteiger partial charge in [-0.3, -0.25) is 9.59 Å². The molecular weight excluding hydrogens is 270 g/mol. The van der Waals surface area contributed by atoms with Crippen molar-refractivity contribution in [3.63, 3.8) is 0 Å². The van der Waals surface area contributed by atoms with Gasteiger partial charge in [-0.1, -0.05) is 0 Å². The van der Waals surface area contributed by atoms with Crippen LogP contribution in [0.5, 0.6) is 0 Å². The summed E-state index contributed by atoms with van der Waals surface area (Å²) in [5.74, 6) is -1.58. The van der Waals surface area contributed by atoms with Crippen molar-refractivity contribution in [2.24, 2.45) is 5.92 Å². The minimum atomic E-state index is -0.487. The highest BCUT2D eigenvalue weighted by molar-refractivity contribution is 7.12. The summed E-state index contributed by atoms with van der Waals surface area (Å²) in [7, 11) is 2.58. The van der Waals surface area contributed by atoms with Crippen LogP contribution in [0.2, 0.25) is 0 Å². The molecule has 1 aliphatic rings. The molecule has 19 heavy (non-hydrogen) atoms. The smallest absolute Gasteiger partial charge is 0.350 e. The van der Waals surface area contributed by atoms with Gasteiger partial charge in [0.2, 0.25) is 5.91 Å². The zero-order chi connectivity index (χ0) is 14.0. The first-order valence-corrected chi connectivity index (χ1v) is 6.50. The molecule has 1 saturated heterocycles. The number of thiophene rings is 1. The third kappa shape index (κ3) is 2.46. The molecule has 1 unspecified atom stereocenters. The first-order valence-electron chi connectivity index (χ1n) is 5.62. The number of carbonyl (C=O) groups excluding carboxylic acids is 3. The van der Waals surface area contributed by atoms with Crippen LogP contribution in [0.1, 0.15) is 16.1 Å². The van der Waals surface area contributed by atoms with Crippen molar-refractivity contribution in [2.45, 2.75) is 6.42 Å². The number of amides is 1. The standard InChI is InChI=1S/C12H13NO5S/c1-17-11(15)7-5-9(14)13(6-7)8-3-4-19-10(8)12(16)18-2/h3-4,7H,5-6H2,1-2H3. The molecule has 1 aromatic rings. The summed E-state index contributed by atoms with van der Waals surface area (Å²) < 4.78 is 9.31. The molecule has 0 bridgehead atoms. The Labute approximate surface area is 113 Å². The normalized spacial score (nSPS) is 18.5. The van der Waals surface area contributed by atoms with Crippen molar-refractivity contribution in [3.8, 4) is 0 Å². The number of methoxy groups -OCH3 is 2. The van der Waals surface area contributed by atoms with Gasteiger partial charge in [0.05, 0.1) is 25.8 Å². The highest BCUT2D eigenvalue weighted by Gasteiger charge is 2.37. The summed E-state index contributed by atoms with van der Waals surface area (Å²) in [6.07, 6.45) is 0.100. The molecule has 0 spiro atoms. The number of esters is 2. The Kier molecular flexibility index (Phi) is 3.84. The van der Waals surface area contributed by atoms with Gasteiger partial charge < -0.3 is 14.4 Å². The van der Waals surface area contributed by atoms with E-state index in [1.807, 2.05) is 0 Å². The minimum absolute atomic E-state index is 0.100. The molecule has 0 saturated carbocycles. The topological polar surface area (TPSA) is 72.9 Å². The Balaban J connectivity index is 2.24. The molecule has 2 rings (SSSR count). The van der Waals surface area contributed by atoms with Gasteiger partial charge in [-0.2, -0.15) is 0 Å².